The largest absolute Gasteiger partial charge is 0.313 e. The van der Waals surface area contributed by atoms with Gasteiger partial charge >= 0.3 is 0 Å². The van der Waals surface area contributed by atoms with E-state index in [1.54, 1.807) is 10.4 Å². The molecule has 0 radical (unpaired) electrons. The van der Waals surface area contributed by atoms with E-state index in [0.29, 0.717) is 10.8 Å². The second-order valence-electron chi connectivity index (χ2n) is 5.13. The summed E-state index contributed by atoms with van der Waals surface area (Å²) in [6.07, 6.45) is 0.775. The summed E-state index contributed by atoms with van der Waals surface area (Å²) in [6.45, 7) is 2.42. The minimum Gasteiger partial charge on any atom is -0.313 e. The molecule has 0 saturated carbocycles. The van der Waals surface area contributed by atoms with E-state index in [9.17, 15) is 8.42 Å². The van der Waals surface area contributed by atoms with Gasteiger partial charge in [-0.05, 0) is 44.2 Å². The first kappa shape index (κ1) is 14.6. The molecule has 4 nitrogen and oxygen atoms in total. The van der Waals surface area contributed by atoms with E-state index < -0.39 is 10.0 Å². The molecular weight excluding hydrogens is 304 g/mol. The molecule has 3 rings (SSSR count). The molecule has 0 saturated heterocycles. The summed E-state index contributed by atoms with van der Waals surface area (Å²) in [4.78, 5) is 1.01. The molecule has 0 fully saturated rings. The summed E-state index contributed by atoms with van der Waals surface area (Å²) in [5.41, 5.74) is 1.83. The highest BCUT2D eigenvalue weighted by Crippen LogP contribution is 2.37. The lowest BCUT2D eigenvalue weighted by Gasteiger charge is -2.34. The average molecular weight is 322 g/mol. The molecule has 2 heterocycles. The number of anilines is 1. The van der Waals surface area contributed by atoms with E-state index in [1.165, 1.54) is 11.3 Å². The van der Waals surface area contributed by atoms with Gasteiger partial charge in [-0.15, -0.1) is 11.3 Å². The monoisotopic (exact) mass is 322 g/mol. The second-order valence-corrected chi connectivity index (χ2v) is 8.51. The third kappa shape index (κ3) is 2.47. The van der Waals surface area contributed by atoms with Gasteiger partial charge in [-0.25, -0.2) is 8.42 Å². The van der Waals surface area contributed by atoms with E-state index in [2.05, 4.69) is 5.32 Å². The van der Waals surface area contributed by atoms with E-state index >= 15 is 0 Å². The summed E-state index contributed by atoms with van der Waals surface area (Å²) in [5.74, 6) is 0. The van der Waals surface area contributed by atoms with Crippen LogP contribution in [0.5, 0.6) is 0 Å². The zero-order valence-corrected chi connectivity index (χ0v) is 13.7. The van der Waals surface area contributed by atoms with Crippen LogP contribution in [0.2, 0.25) is 0 Å². The van der Waals surface area contributed by atoms with Crippen molar-refractivity contribution in [1.29, 1.82) is 0 Å². The van der Waals surface area contributed by atoms with Gasteiger partial charge in [0.2, 0.25) is 0 Å². The Morgan fingerprint density at radius 2 is 2.00 bits per heavy atom. The summed E-state index contributed by atoms with van der Waals surface area (Å²) >= 11 is 1.32. The van der Waals surface area contributed by atoms with Gasteiger partial charge in [0.15, 0.2) is 0 Å². The van der Waals surface area contributed by atoms with Gasteiger partial charge in [-0.2, -0.15) is 0 Å². The van der Waals surface area contributed by atoms with Crippen LogP contribution in [-0.2, 0) is 10.0 Å². The molecular formula is C15H18N2O2S2. The number of nitrogens with zero attached hydrogens (tertiary/aromatic N) is 1. The Kier molecular flexibility index (Phi) is 3.77. The minimum atomic E-state index is -3.46. The number of sulfonamides is 1. The lowest BCUT2D eigenvalue weighted by Crippen LogP contribution is -2.38. The number of fused-ring (bicyclic) bond motifs is 1. The smallest absolute Gasteiger partial charge is 0.273 e. The first-order valence-electron chi connectivity index (χ1n) is 6.89. The van der Waals surface area contributed by atoms with Crippen LogP contribution in [0.15, 0.2) is 40.6 Å². The first-order chi connectivity index (χ1) is 10.0. The zero-order chi connectivity index (χ0) is 15.0. The van der Waals surface area contributed by atoms with Crippen LogP contribution in [0.1, 0.15) is 22.9 Å². The minimum absolute atomic E-state index is 0.206. The molecule has 1 aromatic heterocycles. The predicted octanol–water partition coefficient (Wildman–Crippen LogP) is 2.92. The van der Waals surface area contributed by atoms with Crippen molar-refractivity contribution in [3.05, 3.63) is 46.8 Å². The topological polar surface area (TPSA) is 49.4 Å². The molecule has 1 unspecified atom stereocenters. The molecule has 0 spiro atoms. The van der Waals surface area contributed by atoms with Crippen molar-refractivity contribution >= 4 is 27.0 Å². The molecule has 112 valence electrons. The fourth-order valence-electron chi connectivity index (χ4n) is 2.74. The zero-order valence-electron chi connectivity index (χ0n) is 12.0. The van der Waals surface area contributed by atoms with E-state index in [4.69, 9.17) is 0 Å². The summed E-state index contributed by atoms with van der Waals surface area (Å²) < 4.78 is 27.7. The van der Waals surface area contributed by atoms with Crippen molar-refractivity contribution in [1.82, 2.24) is 5.32 Å². The highest BCUT2D eigenvalue weighted by molar-refractivity contribution is 7.94. The Morgan fingerprint density at radius 3 is 2.67 bits per heavy atom. The maximum Gasteiger partial charge on any atom is 0.273 e. The predicted molar refractivity (Wildman–Crippen MR) is 86.4 cm³/mol. The lowest BCUT2D eigenvalue weighted by atomic mass is 9.98. The Bertz CT molecular complexity index is 753. The van der Waals surface area contributed by atoms with Gasteiger partial charge in [-0.3, -0.25) is 4.31 Å². The Hall–Kier alpha value is -1.37. The number of thiophene rings is 1. The molecule has 1 aliphatic rings. The SMILES string of the molecule is CNC1CCN(S(=O)(=O)c2ccc(C)s2)c2ccccc21. The van der Waals surface area contributed by atoms with Gasteiger partial charge < -0.3 is 5.32 Å². The molecule has 1 atom stereocenters. The van der Waals surface area contributed by atoms with Gasteiger partial charge in [0.25, 0.3) is 10.0 Å². The van der Waals surface area contributed by atoms with Gasteiger partial charge in [0.05, 0.1) is 5.69 Å². The van der Waals surface area contributed by atoms with Crippen molar-refractivity contribution in [2.45, 2.75) is 23.6 Å². The lowest BCUT2D eigenvalue weighted by molar-refractivity contribution is 0.529. The van der Waals surface area contributed by atoms with Crippen molar-refractivity contribution < 1.29 is 8.42 Å². The number of rotatable bonds is 3. The van der Waals surface area contributed by atoms with Crippen molar-refractivity contribution in [2.75, 3.05) is 17.9 Å². The second kappa shape index (κ2) is 5.44. The highest BCUT2D eigenvalue weighted by atomic mass is 32.2. The fourth-order valence-corrected chi connectivity index (χ4v) is 5.64. The van der Waals surface area contributed by atoms with Crippen molar-refractivity contribution in [2.24, 2.45) is 0 Å². The number of para-hydroxylation sites is 1. The normalized spacial score (nSPS) is 18.6. The van der Waals surface area contributed by atoms with Crippen molar-refractivity contribution in [3.63, 3.8) is 0 Å². The van der Waals surface area contributed by atoms with Crippen LogP contribution in [0, 0.1) is 6.92 Å². The third-order valence-corrected chi connectivity index (χ3v) is 7.09. The van der Waals surface area contributed by atoms with Crippen LogP contribution in [0.3, 0.4) is 0 Å². The number of benzene rings is 1. The van der Waals surface area contributed by atoms with Crippen molar-refractivity contribution in [3.8, 4) is 0 Å². The summed E-state index contributed by atoms with van der Waals surface area (Å²) in [6, 6.07) is 11.5. The molecule has 1 aliphatic heterocycles. The first-order valence-corrected chi connectivity index (χ1v) is 9.15. The molecule has 21 heavy (non-hydrogen) atoms. The fraction of sp³-hybridized carbons (Fsp3) is 0.333. The van der Waals surface area contributed by atoms with Gasteiger partial charge in [-0.1, -0.05) is 18.2 Å². The molecule has 0 bridgehead atoms. The number of hydrogen-bond acceptors (Lipinski definition) is 4. The van der Waals surface area contributed by atoms with Crippen LogP contribution >= 0.6 is 11.3 Å². The maximum absolute atomic E-state index is 12.9. The maximum atomic E-state index is 12.9. The standard InChI is InChI=1S/C15H18N2O2S2/c1-11-7-8-15(20-11)21(18,19)17-10-9-13(16-2)12-5-3-4-6-14(12)17/h3-8,13,16H,9-10H2,1-2H3. The molecule has 1 aromatic carbocycles. The molecule has 1 N–H and O–H groups in total. The quantitative estimate of drug-likeness (QED) is 0.945. The van der Waals surface area contributed by atoms with Gasteiger partial charge in [0.1, 0.15) is 4.21 Å². The Labute approximate surface area is 129 Å². The van der Waals surface area contributed by atoms with Crippen LogP contribution in [0.25, 0.3) is 0 Å². The molecule has 2 aromatic rings. The Balaban J connectivity index is 2.08. The number of hydrogen-bond donors (Lipinski definition) is 1. The summed E-state index contributed by atoms with van der Waals surface area (Å²) in [7, 11) is -1.55. The highest BCUT2D eigenvalue weighted by Gasteiger charge is 2.33. The average Bonchev–Trinajstić information content (AvgIpc) is 2.93. The van der Waals surface area contributed by atoms with Crippen LogP contribution < -0.4 is 9.62 Å². The molecule has 0 aliphatic carbocycles. The van der Waals surface area contributed by atoms with E-state index in [1.807, 2.05) is 44.3 Å². The molecule has 0 amide bonds. The third-order valence-electron chi connectivity index (χ3n) is 3.81. The summed E-state index contributed by atoms with van der Waals surface area (Å²) in [5, 5.41) is 3.26. The number of aryl methyl sites for hydroxylation is 1. The van der Waals surface area contributed by atoms with Crippen LogP contribution in [0.4, 0.5) is 5.69 Å². The van der Waals surface area contributed by atoms with E-state index in [-0.39, 0.29) is 6.04 Å². The number of nitrogens with one attached hydrogen (secondary N) is 1. The molecule has 6 heteroatoms. The van der Waals surface area contributed by atoms with Gasteiger partial charge in [0, 0.05) is 17.5 Å². The van der Waals surface area contributed by atoms with Crippen LogP contribution in [-0.4, -0.2) is 22.0 Å². The Morgan fingerprint density at radius 1 is 1.24 bits per heavy atom. The van der Waals surface area contributed by atoms with E-state index in [0.717, 1.165) is 22.5 Å².